The zero-order valence-electron chi connectivity index (χ0n) is 18.4. The summed E-state index contributed by atoms with van der Waals surface area (Å²) in [7, 11) is 0. The first-order chi connectivity index (χ1) is 15.5. The van der Waals surface area contributed by atoms with E-state index in [9.17, 15) is 9.18 Å². The Bertz CT molecular complexity index is 1100. The van der Waals surface area contributed by atoms with Crippen LogP contribution in [0.3, 0.4) is 0 Å². The highest BCUT2D eigenvalue weighted by Gasteiger charge is 2.23. The third-order valence-electron chi connectivity index (χ3n) is 5.65. The number of aromatic nitrogens is 2. The minimum absolute atomic E-state index is 0.195. The number of para-hydroxylation sites is 1. The van der Waals surface area contributed by atoms with Gasteiger partial charge in [0.15, 0.2) is 0 Å². The maximum absolute atomic E-state index is 13.7. The van der Waals surface area contributed by atoms with E-state index in [4.69, 9.17) is 4.98 Å². The minimum atomic E-state index is -0.421. The Hall–Kier alpha value is -3.32. The fourth-order valence-electron chi connectivity index (χ4n) is 4.08. The SMILES string of the molecule is Cc1cccc(Nc2cc(C)nc(C3CCN(CC(=O)Nc4ccccc4F)CC3)c2)n1. The zero-order valence-corrected chi connectivity index (χ0v) is 18.4. The lowest BCUT2D eigenvalue weighted by molar-refractivity contribution is -0.117. The zero-order chi connectivity index (χ0) is 22.5. The van der Waals surface area contributed by atoms with Gasteiger partial charge in [0.2, 0.25) is 5.91 Å². The van der Waals surface area contributed by atoms with Crippen LogP contribution < -0.4 is 10.6 Å². The number of hydrogen-bond acceptors (Lipinski definition) is 5. The second kappa shape index (κ2) is 9.87. The summed E-state index contributed by atoms with van der Waals surface area (Å²) >= 11 is 0. The molecular formula is C25H28FN5O. The standard InChI is InChI=1S/C25H28FN5O/c1-17-6-5-9-24(28-17)29-20-14-18(2)27-23(15-20)19-10-12-31(13-11-19)16-25(32)30-22-8-4-3-7-21(22)26/h3-9,14-15,19H,10-13,16H2,1-2H3,(H,30,32)(H,27,28,29). The van der Waals surface area contributed by atoms with E-state index in [-0.39, 0.29) is 18.1 Å². The van der Waals surface area contributed by atoms with Gasteiger partial charge in [-0.15, -0.1) is 0 Å². The van der Waals surface area contributed by atoms with Crippen LogP contribution in [0.2, 0.25) is 0 Å². The molecule has 7 heteroatoms. The Morgan fingerprint density at radius 3 is 2.56 bits per heavy atom. The van der Waals surface area contributed by atoms with Crippen LogP contribution in [0.4, 0.5) is 21.6 Å². The Kier molecular flexibility index (Phi) is 6.75. The third-order valence-corrected chi connectivity index (χ3v) is 5.65. The van der Waals surface area contributed by atoms with Crippen LogP contribution in [0, 0.1) is 19.7 Å². The van der Waals surface area contributed by atoms with Gasteiger partial charge in [0.25, 0.3) is 0 Å². The van der Waals surface area contributed by atoms with Crippen molar-refractivity contribution >= 4 is 23.1 Å². The summed E-state index contributed by atoms with van der Waals surface area (Å²) in [5, 5.41) is 6.04. The molecule has 166 valence electrons. The van der Waals surface area contributed by atoms with E-state index < -0.39 is 5.82 Å². The fraction of sp³-hybridized carbons (Fsp3) is 0.320. The molecule has 1 aliphatic rings. The van der Waals surface area contributed by atoms with Gasteiger partial charge in [0.05, 0.1) is 12.2 Å². The number of benzene rings is 1. The second-order valence-electron chi connectivity index (χ2n) is 8.29. The first kappa shape index (κ1) is 21.9. The molecule has 1 saturated heterocycles. The lowest BCUT2D eigenvalue weighted by Crippen LogP contribution is -2.39. The Morgan fingerprint density at radius 1 is 1.03 bits per heavy atom. The molecule has 0 radical (unpaired) electrons. The van der Waals surface area contributed by atoms with Gasteiger partial charge >= 0.3 is 0 Å². The molecule has 1 amide bonds. The highest BCUT2D eigenvalue weighted by atomic mass is 19.1. The number of carbonyl (C=O) groups is 1. The molecule has 0 spiro atoms. The van der Waals surface area contributed by atoms with Crippen LogP contribution in [0.5, 0.6) is 0 Å². The van der Waals surface area contributed by atoms with E-state index in [1.165, 1.54) is 6.07 Å². The minimum Gasteiger partial charge on any atom is -0.340 e. The van der Waals surface area contributed by atoms with E-state index >= 15 is 0 Å². The number of likely N-dealkylation sites (tertiary alicyclic amines) is 1. The molecule has 0 bridgehead atoms. The van der Waals surface area contributed by atoms with E-state index in [1.807, 2.05) is 38.1 Å². The van der Waals surface area contributed by atoms with Crippen molar-refractivity contribution in [1.29, 1.82) is 0 Å². The number of rotatable bonds is 6. The number of halogens is 1. The third kappa shape index (κ3) is 5.68. The van der Waals surface area contributed by atoms with Crippen LogP contribution in [0.25, 0.3) is 0 Å². The fourth-order valence-corrected chi connectivity index (χ4v) is 4.08. The molecule has 3 aromatic rings. The van der Waals surface area contributed by atoms with Gasteiger partial charge in [0.1, 0.15) is 11.6 Å². The van der Waals surface area contributed by atoms with Gasteiger partial charge in [-0.25, -0.2) is 9.37 Å². The summed E-state index contributed by atoms with van der Waals surface area (Å²) in [4.78, 5) is 23.7. The van der Waals surface area contributed by atoms with Gasteiger partial charge in [-0.3, -0.25) is 14.7 Å². The summed E-state index contributed by atoms with van der Waals surface area (Å²) < 4.78 is 13.7. The lowest BCUT2D eigenvalue weighted by atomic mass is 9.92. The second-order valence-corrected chi connectivity index (χ2v) is 8.29. The molecule has 0 aliphatic carbocycles. The monoisotopic (exact) mass is 433 g/mol. The normalized spacial score (nSPS) is 14.8. The predicted octanol–water partition coefficient (Wildman–Crippen LogP) is 4.79. The number of hydrogen-bond donors (Lipinski definition) is 2. The molecule has 2 N–H and O–H groups in total. The van der Waals surface area contributed by atoms with Gasteiger partial charge in [-0.1, -0.05) is 18.2 Å². The molecule has 0 atom stereocenters. The largest absolute Gasteiger partial charge is 0.340 e. The summed E-state index contributed by atoms with van der Waals surface area (Å²) in [6.07, 6.45) is 1.84. The molecule has 1 aliphatic heterocycles. The molecule has 3 heterocycles. The topological polar surface area (TPSA) is 70.2 Å². The highest BCUT2D eigenvalue weighted by molar-refractivity contribution is 5.92. The van der Waals surface area contributed by atoms with Gasteiger partial charge in [-0.05, 0) is 76.2 Å². The molecule has 0 unspecified atom stereocenters. The lowest BCUT2D eigenvalue weighted by Gasteiger charge is -2.31. The Labute approximate surface area is 187 Å². The summed E-state index contributed by atoms with van der Waals surface area (Å²) in [6.45, 7) is 5.83. The molecule has 6 nitrogen and oxygen atoms in total. The van der Waals surface area contributed by atoms with Crippen LogP contribution in [-0.2, 0) is 4.79 Å². The molecule has 2 aromatic heterocycles. The maximum atomic E-state index is 13.7. The first-order valence-corrected chi connectivity index (χ1v) is 10.9. The van der Waals surface area contributed by atoms with Crippen molar-refractivity contribution in [3.63, 3.8) is 0 Å². The number of aryl methyl sites for hydroxylation is 2. The number of pyridine rings is 2. The molecule has 32 heavy (non-hydrogen) atoms. The van der Waals surface area contributed by atoms with Crippen molar-refractivity contribution in [2.75, 3.05) is 30.3 Å². The van der Waals surface area contributed by atoms with Gasteiger partial charge < -0.3 is 10.6 Å². The van der Waals surface area contributed by atoms with Crippen molar-refractivity contribution in [2.45, 2.75) is 32.6 Å². The van der Waals surface area contributed by atoms with Crippen molar-refractivity contribution in [1.82, 2.24) is 14.9 Å². The van der Waals surface area contributed by atoms with Crippen molar-refractivity contribution in [3.8, 4) is 0 Å². The molecule has 0 saturated carbocycles. The quantitative estimate of drug-likeness (QED) is 0.585. The number of piperidine rings is 1. The maximum Gasteiger partial charge on any atom is 0.238 e. The number of carbonyl (C=O) groups excluding carboxylic acids is 1. The molecule has 4 rings (SSSR count). The average molecular weight is 434 g/mol. The van der Waals surface area contributed by atoms with Gasteiger partial charge in [-0.2, -0.15) is 0 Å². The highest BCUT2D eigenvalue weighted by Crippen LogP contribution is 2.29. The van der Waals surface area contributed by atoms with Crippen molar-refractivity contribution in [3.05, 3.63) is 77.5 Å². The van der Waals surface area contributed by atoms with Gasteiger partial charge in [0, 0.05) is 28.7 Å². The summed E-state index contributed by atoms with van der Waals surface area (Å²) in [6, 6.07) is 16.3. The van der Waals surface area contributed by atoms with Crippen LogP contribution >= 0.6 is 0 Å². The van der Waals surface area contributed by atoms with E-state index in [1.54, 1.807) is 18.2 Å². The number of amides is 1. The predicted molar refractivity (Wildman–Crippen MR) is 125 cm³/mol. The molecule has 1 aromatic carbocycles. The van der Waals surface area contributed by atoms with Crippen molar-refractivity contribution < 1.29 is 9.18 Å². The number of nitrogens with zero attached hydrogens (tertiary/aromatic N) is 3. The number of nitrogens with one attached hydrogen (secondary N) is 2. The Morgan fingerprint density at radius 2 is 1.81 bits per heavy atom. The summed E-state index contributed by atoms with van der Waals surface area (Å²) in [5.74, 6) is 0.541. The van der Waals surface area contributed by atoms with E-state index in [0.717, 1.165) is 54.5 Å². The smallest absolute Gasteiger partial charge is 0.238 e. The van der Waals surface area contributed by atoms with E-state index in [0.29, 0.717) is 5.92 Å². The summed E-state index contributed by atoms with van der Waals surface area (Å²) in [5.41, 5.74) is 4.20. The molecule has 1 fully saturated rings. The Balaban J connectivity index is 1.34. The van der Waals surface area contributed by atoms with Crippen molar-refractivity contribution in [2.24, 2.45) is 0 Å². The average Bonchev–Trinajstić information content (AvgIpc) is 2.75. The number of anilines is 3. The van der Waals surface area contributed by atoms with Crippen LogP contribution in [0.1, 0.15) is 35.8 Å². The van der Waals surface area contributed by atoms with Crippen LogP contribution in [-0.4, -0.2) is 40.4 Å². The first-order valence-electron chi connectivity index (χ1n) is 10.9. The van der Waals surface area contributed by atoms with Crippen LogP contribution in [0.15, 0.2) is 54.6 Å². The van der Waals surface area contributed by atoms with E-state index in [2.05, 4.69) is 26.6 Å². The molecular weight excluding hydrogens is 405 g/mol.